The lowest BCUT2D eigenvalue weighted by Crippen LogP contribution is -2.28. The zero-order chi connectivity index (χ0) is 18.2. The van der Waals surface area contributed by atoms with Crippen molar-refractivity contribution in [3.63, 3.8) is 0 Å². The number of rotatable bonds is 7. The summed E-state index contributed by atoms with van der Waals surface area (Å²) in [6, 6.07) is 13.2. The van der Waals surface area contributed by atoms with Crippen molar-refractivity contribution < 1.29 is 19.0 Å². The van der Waals surface area contributed by atoms with E-state index in [0.29, 0.717) is 23.8 Å². The van der Waals surface area contributed by atoms with Crippen molar-refractivity contribution in [1.82, 2.24) is 0 Å². The Morgan fingerprint density at radius 3 is 2.08 bits per heavy atom. The predicted octanol–water partition coefficient (Wildman–Crippen LogP) is 3.78. The lowest BCUT2D eigenvalue weighted by molar-refractivity contribution is -0.114. The van der Waals surface area contributed by atoms with E-state index in [2.05, 4.69) is 0 Å². The normalized spacial score (nSPS) is 10.6. The molecule has 5 heteroatoms. The highest BCUT2D eigenvalue weighted by molar-refractivity contribution is 6.03. The van der Waals surface area contributed by atoms with Gasteiger partial charge in [-0.15, -0.1) is 0 Å². The third-order valence-electron chi connectivity index (χ3n) is 3.76. The SMILES string of the molecule is CCN(C(=O)C=Cc1cc(OC)c(OC)c(OC)c1)c1ccccc1. The number of carbonyl (C=O) groups is 1. The smallest absolute Gasteiger partial charge is 0.250 e. The third kappa shape index (κ3) is 4.32. The molecule has 1 amide bonds. The highest BCUT2D eigenvalue weighted by Crippen LogP contribution is 2.38. The molecule has 2 rings (SSSR count). The highest BCUT2D eigenvalue weighted by atomic mass is 16.5. The highest BCUT2D eigenvalue weighted by Gasteiger charge is 2.13. The summed E-state index contributed by atoms with van der Waals surface area (Å²) in [6.45, 7) is 2.53. The van der Waals surface area contributed by atoms with E-state index < -0.39 is 0 Å². The van der Waals surface area contributed by atoms with Crippen LogP contribution in [0.4, 0.5) is 5.69 Å². The molecule has 0 aliphatic heterocycles. The maximum Gasteiger partial charge on any atom is 0.250 e. The minimum Gasteiger partial charge on any atom is -0.493 e. The molecular formula is C20H23NO4. The Hall–Kier alpha value is -2.95. The second-order valence-corrected chi connectivity index (χ2v) is 5.21. The molecule has 0 unspecified atom stereocenters. The standard InChI is InChI=1S/C20H23NO4/c1-5-21(16-9-7-6-8-10-16)19(22)12-11-15-13-17(23-2)20(25-4)18(14-15)24-3/h6-14H,5H2,1-4H3. The molecule has 5 nitrogen and oxygen atoms in total. The molecule has 0 radical (unpaired) electrons. The van der Waals surface area contributed by atoms with Crippen molar-refractivity contribution in [2.45, 2.75) is 6.92 Å². The van der Waals surface area contributed by atoms with Gasteiger partial charge in [0.05, 0.1) is 21.3 Å². The van der Waals surface area contributed by atoms with E-state index in [1.54, 1.807) is 44.4 Å². The van der Waals surface area contributed by atoms with E-state index in [4.69, 9.17) is 14.2 Å². The largest absolute Gasteiger partial charge is 0.493 e. The lowest BCUT2D eigenvalue weighted by atomic mass is 10.1. The molecule has 2 aromatic rings. The number of likely N-dealkylation sites (N-methyl/N-ethyl adjacent to an activating group) is 1. The molecular weight excluding hydrogens is 318 g/mol. The van der Waals surface area contributed by atoms with Gasteiger partial charge in [-0.3, -0.25) is 4.79 Å². The molecule has 0 spiro atoms. The van der Waals surface area contributed by atoms with Crippen LogP contribution >= 0.6 is 0 Å². The van der Waals surface area contributed by atoms with Crippen LogP contribution < -0.4 is 19.1 Å². The van der Waals surface area contributed by atoms with Crippen LogP contribution in [-0.4, -0.2) is 33.8 Å². The second-order valence-electron chi connectivity index (χ2n) is 5.21. The molecule has 0 aliphatic rings. The van der Waals surface area contributed by atoms with Gasteiger partial charge in [0.1, 0.15) is 0 Å². The van der Waals surface area contributed by atoms with Gasteiger partial charge < -0.3 is 19.1 Å². The fraction of sp³-hybridized carbons (Fsp3) is 0.250. The molecule has 0 aromatic heterocycles. The predicted molar refractivity (Wildman–Crippen MR) is 99.6 cm³/mol. The summed E-state index contributed by atoms with van der Waals surface area (Å²) in [6.07, 6.45) is 3.27. The van der Waals surface area contributed by atoms with Crippen LogP contribution in [0.5, 0.6) is 17.2 Å². The van der Waals surface area contributed by atoms with E-state index in [-0.39, 0.29) is 5.91 Å². The van der Waals surface area contributed by atoms with Crippen LogP contribution in [0.1, 0.15) is 12.5 Å². The average molecular weight is 341 g/mol. The summed E-state index contributed by atoms with van der Waals surface area (Å²) < 4.78 is 16.0. The lowest BCUT2D eigenvalue weighted by Gasteiger charge is -2.19. The Labute approximate surface area is 148 Å². The fourth-order valence-electron chi connectivity index (χ4n) is 2.53. The third-order valence-corrected chi connectivity index (χ3v) is 3.76. The van der Waals surface area contributed by atoms with E-state index in [1.807, 2.05) is 37.3 Å². The van der Waals surface area contributed by atoms with Crippen LogP contribution in [0.3, 0.4) is 0 Å². The summed E-state index contributed by atoms with van der Waals surface area (Å²) in [5, 5.41) is 0. The molecule has 0 atom stereocenters. The molecule has 25 heavy (non-hydrogen) atoms. The number of ether oxygens (including phenoxy) is 3. The van der Waals surface area contributed by atoms with Gasteiger partial charge in [0.25, 0.3) is 5.91 Å². The van der Waals surface area contributed by atoms with Crippen molar-refractivity contribution in [3.05, 3.63) is 54.1 Å². The number of para-hydroxylation sites is 1. The maximum absolute atomic E-state index is 12.5. The number of amides is 1. The Morgan fingerprint density at radius 1 is 1.00 bits per heavy atom. The van der Waals surface area contributed by atoms with Gasteiger partial charge in [-0.25, -0.2) is 0 Å². The minimum absolute atomic E-state index is 0.0950. The Kier molecular flexibility index (Phi) is 6.46. The second kappa shape index (κ2) is 8.78. The summed E-state index contributed by atoms with van der Waals surface area (Å²) in [5.41, 5.74) is 1.65. The molecule has 0 saturated carbocycles. The monoisotopic (exact) mass is 341 g/mol. The quantitative estimate of drug-likeness (QED) is 0.719. The molecule has 0 aliphatic carbocycles. The van der Waals surface area contributed by atoms with Crippen molar-refractivity contribution in [1.29, 1.82) is 0 Å². The molecule has 0 saturated heterocycles. The first kappa shape index (κ1) is 18.4. The Balaban J connectivity index is 2.27. The summed E-state index contributed by atoms with van der Waals surface area (Å²) in [7, 11) is 4.67. The van der Waals surface area contributed by atoms with Crippen molar-refractivity contribution in [2.24, 2.45) is 0 Å². The van der Waals surface area contributed by atoms with Crippen LogP contribution in [0.15, 0.2) is 48.5 Å². The summed E-state index contributed by atoms with van der Waals surface area (Å²) in [4.78, 5) is 14.2. The maximum atomic E-state index is 12.5. The number of carbonyl (C=O) groups excluding carboxylic acids is 1. The number of anilines is 1. The van der Waals surface area contributed by atoms with E-state index in [9.17, 15) is 4.79 Å². The van der Waals surface area contributed by atoms with Gasteiger partial charge in [-0.2, -0.15) is 0 Å². The molecule has 0 N–H and O–H groups in total. The molecule has 0 bridgehead atoms. The topological polar surface area (TPSA) is 48.0 Å². The van der Waals surface area contributed by atoms with Crippen molar-refractivity contribution >= 4 is 17.7 Å². The zero-order valence-corrected chi connectivity index (χ0v) is 15.0. The first-order chi connectivity index (χ1) is 12.1. The van der Waals surface area contributed by atoms with Gasteiger partial charge in [-0.05, 0) is 42.8 Å². The van der Waals surface area contributed by atoms with Crippen LogP contribution in [0.25, 0.3) is 6.08 Å². The van der Waals surface area contributed by atoms with Crippen molar-refractivity contribution in [3.8, 4) is 17.2 Å². The van der Waals surface area contributed by atoms with Gasteiger partial charge >= 0.3 is 0 Å². The van der Waals surface area contributed by atoms with Gasteiger partial charge in [-0.1, -0.05) is 18.2 Å². The number of nitrogens with zero attached hydrogens (tertiary/aromatic N) is 1. The Morgan fingerprint density at radius 2 is 1.60 bits per heavy atom. The van der Waals surface area contributed by atoms with Crippen LogP contribution in [0.2, 0.25) is 0 Å². The van der Waals surface area contributed by atoms with E-state index >= 15 is 0 Å². The molecule has 132 valence electrons. The van der Waals surface area contributed by atoms with E-state index in [1.165, 1.54) is 6.08 Å². The van der Waals surface area contributed by atoms with Gasteiger partial charge in [0, 0.05) is 18.3 Å². The van der Waals surface area contributed by atoms with Crippen LogP contribution in [-0.2, 0) is 4.79 Å². The van der Waals surface area contributed by atoms with E-state index in [0.717, 1.165) is 11.3 Å². The summed E-state index contributed by atoms with van der Waals surface area (Å²) in [5.74, 6) is 1.52. The molecule has 0 fully saturated rings. The average Bonchev–Trinajstić information content (AvgIpc) is 2.66. The fourth-order valence-corrected chi connectivity index (χ4v) is 2.53. The Bertz CT molecular complexity index is 716. The van der Waals surface area contributed by atoms with Gasteiger partial charge in [0.15, 0.2) is 11.5 Å². The molecule has 0 heterocycles. The summed E-state index contributed by atoms with van der Waals surface area (Å²) >= 11 is 0. The first-order valence-electron chi connectivity index (χ1n) is 7.99. The van der Waals surface area contributed by atoms with Gasteiger partial charge in [0.2, 0.25) is 5.75 Å². The van der Waals surface area contributed by atoms with Crippen molar-refractivity contribution in [2.75, 3.05) is 32.8 Å². The number of methoxy groups -OCH3 is 3. The number of hydrogen-bond donors (Lipinski definition) is 0. The minimum atomic E-state index is -0.0950. The molecule has 2 aromatic carbocycles. The van der Waals surface area contributed by atoms with Crippen LogP contribution in [0, 0.1) is 0 Å². The number of benzene rings is 2. The first-order valence-corrected chi connectivity index (χ1v) is 7.99. The number of hydrogen-bond acceptors (Lipinski definition) is 4. The zero-order valence-electron chi connectivity index (χ0n) is 15.0.